The number of benzene rings is 1. The van der Waals surface area contributed by atoms with E-state index in [9.17, 15) is 9.90 Å². The quantitative estimate of drug-likeness (QED) is 0.825. The average Bonchev–Trinajstić information content (AvgIpc) is 2.52. The van der Waals surface area contributed by atoms with Gasteiger partial charge in [0.2, 0.25) is 0 Å². The van der Waals surface area contributed by atoms with Crippen LogP contribution < -0.4 is 5.32 Å². The average molecular weight is 302 g/mol. The Hall–Kier alpha value is -2.03. The van der Waals surface area contributed by atoms with Gasteiger partial charge in [-0.15, -0.1) is 0 Å². The Labute approximate surface area is 131 Å². The fraction of sp³-hybridized carbons (Fsp3) is 0.471. The largest absolute Gasteiger partial charge is 0.393 e. The minimum Gasteiger partial charge on any atom is -0.393 e. The van der Waals surface area contributed by atoms with Crippen LogP contribution in [0.2, 0.25) is 0 Å². The molecular formula is C17H22N2O3. The third-order valence-corrected chi connectivity index (χ3v) is 3.44. The molecule has 0 radical (unpaired) electrons. The summed E-state index contributed by atoms with van der Waals surface area (Å²) in [6.07, 6.45) is 0.0585. The first-order valence-corrected chi connectivity index (χ1v) is 7.51. The molecule has 22 heavy (non-hydrogen) atoms. The summed E-state index contributed by atoms with van der Waals surface area (Å²) in [6.45, 7) is 3.55. The molecule has 2 rings (SSSR count). The van der Waals surface area contributed by atoms with Gasteiger partial charge >= 0.3 is 6.03 Å². The maximum absolute atomic E-state index is 12.2. The highest BCUT2D eigenvalue weighted by atomic mass is 16.5. The van der Waals surface area contributed by atoms with E-state index in [0.29, 0.717) is 32.7 Å². The van der Waals surface area contributed by atoms with Gasteiger partial charge in [-0.3, -0.25) is 0 Å². The molecule has 2 amide bonds. The van der Waals surface area contributed by atoms with Crippen LogP contribution in [0.1, 0.15) is 18.9 Å². The van der Waals surface area contributed by atoms with Crippen molar-refractivity contribution >= 4 is 6.03 Å². The molecule has 118 valence electrons. The summed E-state index contributed by atoms with van der Waals surface area (Å²) >= 11 is 0. The van der Waals surface area contributed by atoms with Crippen LogP contribution >= 0.6 is 0 Å². The van der Waals surface area contributed by atoms with Gasteiger partial charge in [0.25, 0.3) is 0 Å². The summed E-state index contributed by atoms with van der Waals surface area (Å²) in [5.41, 5.74) is 0.926. The van der Waals surface area contributed by atoms with Gasteiger partial charge in [0, 0.05) is 12.1 Å². The predicted molar refractivity (Wildman–Crippen MR) is 84.3 cm³/mol. The van der Waals surface area contributed by atoms with Crippen molar-refractivity contribution in [3.8, 4) is 11.8 Å². The van der Waals surface area contributed by atoms with E-state index in [1.54, 1.807) is 11.8 Å². The van der Waals surface area contributed by atoms with Crippen LogP contribution in [-0.2, 0) is 4.74 Å². The maximum atomic E-state index is 12.2. The van der Waals surface area contributed by atoms with Gasteiger partial charge in [0.1, 0.15) is 0 Å². The lowest BCUT2D eigenvalue weighted by Crippen LogP contribution is -2.53. The van der Waals surface area contributed by atoms with E-state index >= 15 is 0 Å². The number of nitrogens with zero attached hydrogens (tertiary/aromatic N) is 1. The summed E-state index contributed by atoms with van der Waals surface area (Å²) < 4.78 is 5.39. The van der Waals surface area contributed by atoms with Gasteiger partial charge in [-0.05, 0) is 25.5 Å². The van der Waals surface area contributed by atoms with Crippen molar-refractivity contribution in [2.24, 2.45) is 0 Å². The smallest absolute Gasteiger partial charge is 0.318 e. The molecule has 1 saturated heterocycles. The monoisotopic (exact) mass is 302 g/mol. The van der Waals surface area contributed by atoms with Crippen molar-refractivity contribution in [3.63, 3.8) is 0 Å². The molecule has 1 aliphatic heterocycles. The number of morpholine rings is 1. The van der Waals surface area contributed by atoms with Crippen molar-refractivity contribution in [2.75, 3.05) is 26.3 Å². The number of urea groups is 1. The van der Waals surface area contributed by atoms with Crippen LogP contribution in [-0.4, -0.2) is 54.5 Å². The molecule has 0 aliphatic carbocycles. The van der Waals surface area contributed by atoms with E-state index in [1.165, 1.54) is 0 Å². The highest BCUT2D eigenvalue weighted by Gasteiger charge is 2.27. The number of carbonyl (C=O) groups is 1. The lowest BCUT2D eigenvalue weighted by atomic mass is 10.1. The van der Waals surface area contributed by atoms with E-state index in [4.69, 9.17) is 4.74 Å². The van der Waals surface area contributed by atoms with Gasteiger partial charge in [-0.2, -0.15) is 0 Å². The Bertz CT molecular complexity index is 534. The van der Waals surface area contributed by atoms with E-state index in [0.717, 1.165) is 5.56 Å². The number of ether oxygens (including phenoxy) is 1. The van der Waals surface area contributed by atoms with Gasteiger partial charge in [0.05, 0.1) is 31.9 Å². The number of amides is 2. The molecule has 1 aliphatic rings. The fourth-order valence-corrected chi connectivity index (χ4v) is 2.40. The first-order chi connectivity index (χ1) is 10.7. The third kappa shape index (κ3) is 5.06. The fourth-order valence-electron chi connectivity index (χ4n) is 2.40. The number of hydrogen-bond donors (Lipinski definition) is 2. The van der Waals surface area contributed by atoms with Gasteiger partial charge < -0.3 is 20.1 Å². The second-order valence-corrected chi connectivity index (χ2v) is 5.33. The number of nitrogens with one attached hydrogen (secondary N) is 1. The summed E-state index contributed by atoms with van der Waals surface area (Å²) in [5, 5.41) is 12.3. The molecule has 1 fully saturated rings. The van der Waals surface area contributed by atoms with Crippen molar-refractivity contribution in [1.29, 1.82) is 0 Å². The van der Waals surface area contributed by atoms with E-state index in [2.05, 4.69) is 17.2 Å². The first kappa shape index (κ1) is 16.3. The zero-order valence-electron chi connectivity index (χ0n) is 12.8. The predicted octanol–water partition coefficient (Wildman–Crippen LogP) is 1.22. The third-order valence-electron chi connectivity index (χ3n) is 3.44. The molecule has 1 aromatic rings. The van der Waals surface area contributed by atoms with Crippen LogP contribution in [0.25, 0.3) is 0 Å². The van der Waals surface area contributed by atoms with Crippen molar-refractivity contribution in [1.82, 2.24) is 10.2 Å². The van der Waals surface area contributed by atoms with Gasteiger partial charge in [-0.25, -0.2) is 4.79 Å². The number of aliphatic hydroxyl groups is 1. The molecule has 0 unspecified atom stereocenters. The normalized spacial score (nSPS) is 19.0. The Morgan fingerprint density at radius 3 is 3.00 bits per heavy atom. The van der Waals surface area contributed by atoms with Crippen LogP contribution in [0.4, 0.5) is 4.79 Å². The molecule has 0 bridgehead atoms. The minimum absolute atomic E-state index is 0.0872. The van der Waals surface area contributed by atoms with Crippen LogP contribution in [0, 0.1) is 11.8 Å². The molecule has 1 heterocycles. The SMILES string of the molecule is C[C@@H](O)C[C@H]1COCCN1C(=O)NCC#Cc1ccccc1. The number of carbonyl (C=O) groups excluding carboxylic acids is 1. The highest BCUT2D eigenvalue weighted by molar-refractivity contribution is 5.75. The molecule has 0 aromatic heterocycles. The molecule has 5 nitrogen and oxygen atoms in total. The maximum Gasteiger partial charge on any atom is 0.318 e. The standard InChI is InChI=1S/C17H22N2O3/c1-14(20)12-16-13-22-11-10-19(16)17(21)18-9-5-8-15-6-3-2-4-7-15/h2-4,6-7,14,16,20H,9-13H2,1H3,(H,18,21)/t14-,16+/m1/s1. The van der Waals surface area contributed by atoms with Crippen molar-refractivity contribution < 1.29 is 14.6 Å². The molecule has 0 saturated carbocycles. The molecule has 2 atom stereocenters. The summed E-state index contributed by atoms with van der Waals surface area (Å²) in [4.78, 5) is 13.9. The zero-order valence-corrected chi connectivity index (χ0v) is 12.8. The Balaban J connectivity index is 1.84. The highest BCUT2D eigenvalue weighted by Crippen LogP contribution is 2.12. The van der Waals surface area contributed by atoms with Gasteiger partial charge in [-0.1, -0.05) is 30.0 Å². The molecule has 2 N–H and O–H groups in total. The number of rotatable bonds is 3. The number of hydrogen-bond acceptors (Lipinski definition) is 3. The topological polar surface area (TPSA) is 61.8 Å². The lowest BCUT2D eigenvalue weighted by molar-refractivity contribution is -0.00410. The lowest BCUT2D eigenvalue weighted by Gasteiger charge is -2.36. The Morgan fingerprint density at radius 1 is 1.50 bits per heavy atom. The molecule has 5 heteroatoms. The minimum atomic E-state index is -0.458. The number of aliphatic hydroxyl groups excluding tert-OH is 1. The second-order valence-electron chi connectivity index (χ2n) is 5.33. The molecule has 1 aromatic carbocycles. The Morgan fingerprint density at radius 2 is 2.27 bits per heavy atom. The van der Waals surface area contributed by atoms with E-state index < -0.39 is 6.10 Å². The van der Waals surface area contributed by atoms with E-state index in [1.807, 2.05) is 30.3 Å². The van der Waals surface area contributed by atoms with Crippen molar-refractivity contribution in [2.45, 2.75) is 25.5 Å². The Kier molecular flexibility index (Phi) is 6.26. The van der Waals surface area contributed by atoms with Gasteiger partial charge in [0.15, 0.2) is 0 Å². The van der Waals surface area contributed by atoms with Crippen LogP contribution in [0.3, 0.4) is 0 Å². The summed E-state index contributed by atoms with van der Waals surface area (Å²) in [5.74, 6) is 5.94. The molecular weight excluding hydrogens is 280 g/mol. The molecule has 0 spiro atoms. The first-order valence-electron chi connectivity index (χ1n) is 7.51. The summed E-state index contributed by atoms with van der Waals surface area (Å²) in [7, 11) is 0. The van der Waals surface area contributed by atoms with Crippen LogP contribution in [0.15, 0.2) is 30.3 Å². The zero-order chi connectivity index (χ0) is 15.8. The van der Waals surface area contributed by atoms with E-state index in [-0.39, 0.29) is 12.1 Å². The van der Waals surface area contributed by atoms with Crippen molar-refractivity contribution in [3.05, 3.63) is 35.9 Å². The second kappa shape index (κ2) is 8.42. The summed E-state index contributed by atoms with van der Waals surface area (Å²) in [6, 6.07) is 9.40. The van der Waals surface area contributed by atoms with Crippen LogP contribution in [0.5, 0.6) is 0 Å².